The minimum absolute atomic E-state index is 0.392. The van der Waals surface area contributed by atoms with Crippen molar-refractivity contribution in [1.82, 2.24) is 10.6 Å². The van der Waals surface area contributed by atoms with Gasteiger partial charge in [0.25, 0.3) is 0 Å². The quantitative estimate of drug-likeness (QED) is 0.845. The van der Waals surface area contributed by atoms with Gasteiger partial charge in [-0.15, -0.1) is 0 Å². The third-order valence-corrected chi connectivity index (χ3v) is 3.89. The van der Waals surface area contributed by atoms with E-state index in [1.165, 1.54) is 12.1 Å². The Kier molecular flexibility index (Phi) is 6.08. The first-order chi connectivity index (χ1) is 10.5. The fourth-order valence-corrected chi connectivity index (χ4v) is 2.69. The molecule has 0 saturated carbocycles. The molecular formula is C16H23F3N2O. The summed E-state index contributed by atoms with van der Waals surface area (Å²) in [7, 11) is 0. The van der Waals surface area contributed by atoms with Crippen LogP contribution in [-0.2, 0) is 12.7 Å². The van der Waals surface area contributed by atoms with Crippen LogP contribution in [0.4, 0.5) is 13.2 Å². The van der Waals surface area contributed by atoms with E-state index in [0.717, 1.165) is 38.5 Å². The van der Waals surface area contributed by atoms with E-state index in [1.54, 1.807) is 0 Å². The molecule has 124 valence electrons. The number of benzene rings is 1. The second kappa shape index (κ2) is 7.83. The van der Waals surface area contributed by atoms with E-state index in [0.29, 0.717) is 30.4 Å². The SMILES string of the molecule is CCOc1ccc(C(F)(F)F)cc1CNCC1CCNCC1. The van der Waals surface area contributed by atoms with Gasteiger partial charge in [0.15, 0.2) is 0 Å². The number of nitrogens with one attached hydrogen (secondary N) is 2. The molecule has 0 amide bonds. The summed E-state index contributed by atoms with van der Waals surface area (Å²) >= 11 is 0. The molecule has 1 aromatic rings. The lowest BCUT2D eigenvalue weighted by atomic mass is 9.98. The van der Waals surface area contributed by atoms with Crippen LogP contribution in [-0.4, -0.2) is 26.2 Å². The third-order valence-electron chi connectivity index (χ3n) is 3.89. The van der Waals surface area contributed by atoms with Gasteiger partial charge in [-0.3, -0.25) is 0 Å². The maximum Gasteiger partial charge on any atom is 0.416 e. The fourth-order valence-electron chi connectivity index (χ4n) is 2.69. The highest BCUT2D eigenvalue weighted by Crippen LogP contribution is 2.32. The number of alkyl halides is 3. The number of hydrogen-bond acceptors (Lipinski definition) is 3. The Hall–Kier alpha value is -1.27. The monoisotopic (exact) mass is 316 g/mol. The maximum absolute atomic E-state index is 12.8. The van der Waals surface area contributed by atoms with E-state index in [1.807, 2.05) is 6.92 Å². The van der Waals surface area contributed by atoms with E-state index in [9.17, 15) is 13.2 Å². The van der Waals surface area contributed by atoms with Crippen molar-refractivity contribution in [2.75, 3.05) is 26.2 Å². The number of halogens is 3. The molecule has 0 aromatic heterocycles. The minimum Gasteiger partial charge on any atom is -0.494 e. The molecule has 1 fully saturated rings. The molecule has 0 radical (unpaired) electrons. The van der Waals surface area contributed by atoms with Crippen LogP contribution in [0.25, 0.3) is 0 Å². The molecule has 0 bridgehead atoms. The van der Waals surface area contributed by atoms with Gasteiger partial charge in [0.1, 0.15) is 5.75 Å². The van der Waals surface area contributed by atoms with E-state index < -0.39 is 11.7 Å². The van der Waals surface area contributed by atoms with Gasteiger partial charge in [0, 0.05) is 12.1 Å². The third kappa shape index (κ3) is 4.88. The zero-order chi connectivity index (χ0) is 16.0. The number of ether oxygens (including phenoxy) is 1. The van der Waals surface area contributed by atoms with Gasteiger partial charge in [-0.25, -0.2) is 0 Å². The summed E-state index contributed by atoms with van der Waals surface area (Å²) in [4.78, 5) is 0. The zero-order valence-electron chi connectivity index (χ0n) is 12.8. The number of piperidine rings is 1. The Labute approximate surface area is 129 Å². The minimum atomic E-state index is -4.32. The van der Waals surface area contributed by atoms with Gasteiger partial charge in [-0.05, 0) is 63.5 Å². The first-order valence-electron chi connectivity index (χ1n) is 7.75. The molecule has 6 heteroatoms. The summed E-state index contributed by atoms with van der Waals surface area (Å²) < 4.78 is 43.9. The van der Waals surface area contributed by atoms with Crippen molar-refractivity contribution in [3.8, 4) is 5.75 Å². The standard InChI is InChI=1S/C16H23F3N2O/c1-2-22-15-4-3-14(16(17,18)19)9-13(15)11-21-10-12-5-7-20-8-6-12/h3-4,9,12,20-21H,2,5-8,10-11H2,1H3. The zero-order valence-corrected chi connectivity index (χ0v) is 12.8. The van der Waals surface area contributed by atoms with Gasteiger partial charge in [0.2, 0.25) is 0 Å². The topological polar surface area (TPSA) is 33.3 Å². The Morgan fingerprint density at radius 3 is 2.64 bits per heavy atom. The van der Waals surface area contributed by atoms with E-state index in [4.69, 9.17) is 4.74 Å². The van der Waals surface area contributed by atoms with Crippen LogP contribution in [0.5, 0.6) is 5.75 Å². The van der Waals surface area contributed by atoms with Crippen molar-refractivity contribution in [2.24, 2.45) is 5.92 Å². The van der Waals surface area contributed by atoms with Gasteiger partial charge in [-0.1, -0.05) is 0 Å². The van der Waals surface area contributed by atoms with Crippen LogP contribution in [0.1, 0.15) is 30.9 Å². The van der Waals surface area contributed by atoms with Crippen molar-refractivity contribution in [3.05, 3.63) is 29.3 Å². The smallest absolute Gasteiger partial charge is 0.416 e. The average Bonchev–Trinajstić information content (AvgIpc) is 2.49. The molecule has 1 aromatic carbocycles. The molecule has 1 aliphatic heterocycles. The van der Waals surface area contributed by atoms with Crippen molar-refractivity contribution in [2.45, 2.75) is 32.5 Å². The normalized spacial score (nSPS) is 16.7. The molecule has 1 aliphatic rings. The molecule has 2 rings (SSSR count). The van der Waals surface area contributed by atoms with E-state index in [2.05, 4.69) is 10.6 Å². The Bertz CT molecular complexity index is 471. The first-order valence-corrected chi connectivity index (χ1v) is 7.75. The molecule has 3 nitrogen and oxygen atoms in total. The average molecular weight is 316 g/mol. The Balaban J connectivity index is 1.99. The predicted molar refractivity (Wildman–Crippen MR) is 79.9 cm³/mol. The first kappa shape index (κ1) is 17.1. The van der Waals surface area contributed by atoms with Gasteiger partial charge in [-0.2, -0.15) is 13.2 Å². The largest absolute Gasteiger partial charge is 0.494 e. The van der Waals surface area contributed by atoms with E-state index >= 15 is 0 Å². The molecule has 1 heterocycles. The van der Waals surface area contributed by atoms with Gasteiger partial charge >= 0.3 is 6.18 Å². The lowest BCUT2D eigenvalue weighted by molar-refractivity contribution is -0.137. The van der Waals surface area contributed by atoms with Crippen LogP contribution in [0.2, 0.25) is 0 Å². The van der Waals surface area contributed by atoms with E-state index in [-0.39, 0.29) is 0 Å². The van der Waals surface area contributed by atoms with Crippen LogP contribution in [0.15, 0.2) is 18.2 Å². The second-order valence-electron chi connectivity index (χ2n) is 5.58. The Morgan fingerprint density at radius 2 is 2.00 bits per heavy atom. The maximum atomic E-state index is 12.8. The van der Waals surface area contributed by atoms with Crippen LogP contribution in [0, 0.1) is 5.92 Å². The summed E-state index contributed by atoms with van der Waals surface area (Å²) in [5.74, 6) is 1.11. The summed E-state index contributed by atoms with van der Waals surface area (Å²) in [6.45, 7) is 5.50. The molecule has 0 spiro atoms. The number of rotatable bonds is 6. The predicted octanol–water partition coefficient (Wildman–Crippen LogP) is 3.19. The summed E-state index contributed by atoms with van der Waals surface area (Å²) in [6.07, 6.45) is -2.11. The summed E-state index contributed by atoms with van der Waals surface area (Å²) in [6, 6.07) is 3.66. The Morgan fingerprint density at radius 1 is 1.27 bits per heavy atom. The van der Waals surface area contributed by atoms with Crippen molar-refractivity contribution >= 4 is 0 Å². The summed E-state index contributed by atoms with van der Waals surface area (Å²) in [5, 5.41) is 6.57. The van der Waals surface area contributed by atoms with Gasteiger partial charge in [0.05, 0.1) is 12.2 Å². The molecular weight excluding hydrogens is 293 g/mol. The molecule has 0 unspecified atom stereocenters. The van der Waals surface area contributed by atoms with Crippen LogP contribution >= 0.6 is 0 Å². The van der Waals surface area contributed by atoms with Crippen LogP contribution < -0.4 is 15.4 Å². The fraction of sp³-hybridized carbons (Fsp3) is 0.625. The van der Waals surface area contributed by atoms with Crippen molar-refractivity contribution in [1.29, 1.82) is 0 Å². The molecule has 1 saturated heterocycles. The highest BCUT2D eigenvalue weighted by molar-refractivity contribution is 5.38. The highest BCUT2D eigenvalue weighted by Gasteiger charge is 2.31. The molecule has 0 aliphatic carbocycles. The molecule has 0 atom stereocenters. The van der Waals surface area contributed by atoms with Crippen molar-refractivity contribution < 1.29 is 17.9 Å². The lowest BCUT2D eigenvalue weighted by Gasteiger charge is -2.23. The van der Waals surface area contributed by atoms with Crippen molar-refractivity contribution in [3.63, 3.8) is 0 Å². The number of hydrogen-bond donors (Lipinski definition) is 2. The second-order valence-corrected chi connectivity index (χ2v) is 5.58. The summed E-state index contributed by atoms with van der Waals surface area (Å²) in [5.41, 5.74) is -0.0692. The highest BCUT2D eigenvalue weighted by atomic mass is 19.4. The van der Waals surface area contributed by atoms with Crippen LogP contribution in [0.3, 0.4) is 0 Å². The van der Waals surface area contributed by atoms with Gasteiger partial charge < -0.3 is 15.4 Å². The lowest BCUT2D eigenvalue weighted by Crippen LogP contribution is -2.33. The molecule has 22 heavy (non-hydrogen) atoms. The molecule has 2 N–H and O–H groups in total.